The van der Waals surface area contributed by atoms with E-state index >= 15 is 0 Å². The van der Waals surface area contributed by atoms with Crippen LogP contribution in [0.2, 0.25) is 0 Å². The largest absolute Gasteiger partial charge is 0.469 e. The van der Waals surface area contributed by atoms with E-state index in [0.29, 0.717) is 31.7 Å². The number of benzene rings is 1. The highest BCUT2D eigenvalue weighted by Crippen LogP contribution is 2.17. The zero-order valence-corrected chi connectivity index (χ0v) is 16.4. The topological polar surface area (TPSA) is 80.4 Å². The van der Waals surface area contributed by atoms with Crippen LogP contribution >= 0.6 is 0 Å². The highest BCUT2D eigenvalue weighted by atomic mass is 16.3. The van der Waals surface area contributed by atoms with Gasteiger partial charge in [0, 0.05) is 38.2 Å². The highest BCUT2D eigenvalue weighted by molar-refractivity contribution is 5.98. The molecule has 2 aromatic heterocycles. The molecule has 29 heavy (non-hydrogen) atoms. The molecule has 0 aliphatic carbocycles. The molecular formula is C22H24N4O3. The van der Waals surface area contributed by atoms with Gasteiger partial charge in [-0.2, -0.15) is 5.10 Å². The van der Waals surface area contributed by atoms with Crippen LogP contribution in [0.4, 0.5) is 0 Å². The molecule has 7 nitrogen and oxygen atoms in total. The van der Waals surface area contributed by atoms with Gasteiger partial charge in [0.1, 0.15) is 11.5 Å². The Morgan fingerprint density at radius 2 is 2.03 bits per heavy atom. The van der Waals surface area contributed by atoms with Crippen LogP contribution in [0.5, 0.6) is 0 Å². The molecule has 1 N–H and O–H groups in total. The summed E-state index contributed by atoms with van der Waals surface area (Å²) in [5.41, 5.74) is 1.81. The molecule has 0 saturated heterocycles. The number of aromatic nitrogens is 2. The monoisotopic (exact) mass is 392 g/mol. The number of carbonyl (C=O) groups is 2. The Morgan fingerprint density at radius 1 is 1.21 bits per heavy atom. The summed E-state index contributed by atoms with van der Waals surface area (Å²) in [6.07, 6.45) is 3.00. The van der Waals surface area contributed by atoms with Crippen molar-refractivity contribution in [1.82, 2.24) is 20.0 Å². The van der Waals surface area contributed by atoms with E-state index in [4.69, 9.17) is 4.42 Å². The number of nitrogens with zero attached hydrogens (tertiary/aromatic N) is 3. The number of furan rings is 1. The maximum atomic E-state index is 13.0. The van der Waals surface area contributed by atoms with Crippen LogP contribution in [0.3, 0.4) is 0 Å². The molecular weight excluding hydrogens is 368 g/mol. The fraction of sp³-hybridized carbons (Fsp3) is 0.318. The molecule has 1 aromatic carbocycles. The van der Waals surface area contributed by atoms with Crippen molar-refractivity contribution < 1.29 is 14.0 Å². The standard InChI is InChI=1S/C22H24N4O3/c1-16(13-18-9-5-12-29-18)23-21(27)19-14-20-22(28)25(10-6-11-26(20)24-19)15-17-7-3-2-4-8-17/h2-5,7-9,12,14,16H,6,10-11,13,15H2,1H3,(H,23,27)/t16-/m0/s1. The first-order chi connectivity index (χ1) is 14.1. The Morgan fingerprint density at radius 3 is 2.79 bits per heavy atom. The van der Waals surface area contributed by atoms with E-state index in [0.717, 1.165) is 17.7 Å². The van der Waals surface area contributed by atoms with Crippen LogP contribution in [0.25, 0.3) is 0 Å². The fourth-order valence-corrected chi connectivity index (χ4v) is 3.58. The van der Waals surface area contributed by atoms with Gasteiger partial charge in [0.05, 0.1) is 6.26 Å². The molecule has 1 atom stereocenters. The summed E-state index contributed by atoms with van der Waals surface area (Å²) in [7, 11) is 0. The van der Waals surface area contributed by atoms with E-state index in [-0.39, 0.29) is 23.6 Å². The van der Waals surface area contributed by atoms with Gasteiger partial charge in [-0.25, -0.2) is 0 Å². The van der Waals surface area contributed by atoms with Crippen molar-refractivity contribution in [3.05, 3.63) is 77.5 Å². The van der Waals surface area contributed by atoms with Crippen LogP contribution in [-0.2, 0) is 19.5 Å². The molecule has 0 fully saturated rings. The van der Waals surface area contributed by atoms with Crippen molar-refractivity contribution in [2.45, 2.75) is 38.9 Å². The average molecular weight is 392 g/mol. The molecule has 150 valence electrons. The molecule has 4 rings (SSSR count). The van der Waals surface area contributed by atoms with Gasteiger partial charge >= 0.3 is 0 Å². The van der Waals surface area contributed by atoms with Crippen LogP contribution < -0.4 is 5.32 Å². The van der Waals surface area contributed by atoms with Crippen LogP contribution in [0.1, 0.15) is 45.6 Å². The van der Waals surface area contributed by atoms with Crippen molar-refractivity contribution in [3.8, 4) is 0 Å². The minimum atomic E-state index is -0.285. The Bertz CT molecular complexity index is 979. The van der Waals surface area contributed by atoms with Crippen molar-refractivity contribution in [3.63, 3.8) is 0 Å². The predicted molar refractivity (Wildman–Crippen MR) is 107 cm³/mol. The highest BCUT2D eigenvalue weighted by Gasteiger charge is 2.26. The summed E-state index contributed by atoms with van der Waals surface area (Å²) in [4.78, 5) is 27.5. The molecule has 3 aromatic rings. The fourth-order valence-electron chi connectivity index (χ4n) is 3.58. The Labute approximate surface area is 169 Å². The lowest BCUT2D eigenvalue weighted by molar-refractivity contribution is 0.0745. The number of fused-ring (bicyclic) bond motifs is 1. The van der Waals surface area contributed by atoms with Crippen molar-refractivity contribution in [2.24, 2.45) is 0 Å². The van der Waals surface area contributed by atoms with E-state index in [1.54, 1.807) is 17.0 Å². The van der Waals surface area contributed by atoms with Crippen LogP contribution in [-0.4, -0.2) is 39.1 Å². The van der Waals surface area contributed by atoms with E-state index in [1.807, 2.05) is 54.3 Å². The predicted octanol–water partition coefficient (Wildman–Crippen LogP) is 2.88. The third kappa shape index (κ3) is 4.39. The first kappa shape index (κ1) is 19.0. The SMILES string of the molecule is C[C@@H](Cc1ccco1)NC(=O)c1cc2n(n1)CCCN(Cc1ccccc1)C2=O. The molecule has 0 saturated carbocycles. The summed E-state index contributed by atoms with van der Waals surface area (Å²) in [6.45, 7) is 3.74. The van der Waals surface area contributed by atoms with Gasteiger partial charge in [-0.15, -0.1) is 0 Å². The summed E-state index contributed by atoms with van der Waals surface area (Å²) >= 11 is 0. The van der Waals surface area contributed by atoms with Gasteiger partial charge in [0.15, 0.2) is 5.69 Å². The molecule has 1 aliphatic rings. The number of rotatable bonds is 6. The van der Waals surface area contributed by atoms with E-state index in [2.05, 4.69) is 10.4 Å². The molecule has 1 aliphatic heterocycles. The number of carbonyl (C=O) groups excluding carboxylic acids is 2. The van der Waals surface area contributed by atoms with Gasteiger partial charge < -0.3 is 14.6 Å². The van der Waals surface area contributed by atoms with Gasteiger partial charge in [-0.1, -0.05) is 30.3 Å². The van der Waals surface area contributed by atoms with Crippen molar-refractivity contribution >= 4 is 11.8 Å². The maximum absolute atomic E-state index is 13.0. The van der Waals surface area contributed by atoms with Crippen molar-refractivity contribution in [1.29, 1.82) is 0 Å². The summed E-state index contributed by atoms with van der Waals surface area (Å²) in [5.74, 6) is 0.429. The lowest BCUT2D eigenvalue weighted by Crippen LogP contribution is -2.34. The number of amides is 2. The molecule has 0 radical (unpaired) electrons. The molecule has 7 heteroatoms. The van der Waals surface area contributed by atoms with Gasteiger partial charge in [-0.05, 0) is 31.0 Å². The molecule has 0 spiro atoms. The second-order valence-corrected chi connectivity index (χ2v) is 7.36. The Balaban J connectivity index is 1.45. The quantitative estimate of drug-likeness (QED) is 0.699. The van der Waals surface area contributed by atoms with Gasteiger partial charge in [0.2, 0.25) is 0 Å². The Kier molecular flexibility index (Phi) is 5.46. The normalized spacial score (nSPS) is 14.9. The number of hydrogen-bond donors (Lipinski definition) is 1. The van der Waals surface area contributed by atoms with E-state index in [1.165, 1.54) is 0 Å². The maximum Gasteiger partial charge on any atom is 0.272 e. The van der Waals surface area contributed by atoms with Crippen LogP contribution in [0.15, 0.2) is 59.2 Å². The molecule has 2 amide bonds. The lowest BCUT2D eigenvalue weighted by atomic mass is 10.2. The zero-order chi connectivity index (χ0) is 20.2. The lowest BCUT2D eigenvalue weighted by Gasteiger charge is -2.20. The number of hydrogen-bond acceptors (Lipinski definition) is 4. The third-order valence-electron chi connectivity index (χ3n) is 5.00. The Hall–Kier alpha value is -3.35. The van der Waals surface area contributed by atoms with Gasteiger partial charge in [0.25, 0.3) is 11.8 Å². The van der Waals surface area contributed by atoms with E-state index in [9.17, 15) is 9.59 Å². The summed E-state index contributed by atoms with van der Waals surface area (Å²) < 4.78 is 6.98. The minimum Gasteiger partial charge on any atom is -0.469 e. The molecule has 0 bridgehead atoms. The first-order valence-corrected chi connectivity index (χ1v) is 9.84. The first-order valence-electron chi connectivity index (χ1n) is 9.84. The number of aryl methyl sites for hydroxylation is 1. The zero-order valence-electron chi connectivity index (χ0n) is 16.4. The molecule has 0 unspecified atom stereocenters. The average Bonchev–Trinajstić information content (AvgIpc) is 3.35. The minimum absolute atomic E-state index is 0.0958. The molecule has 3 heterocycles. The second-order valence-electron chi connectivity index (χ2n) is 7.36. The third-order valence-corrected chi connectivity index (χ3v) is 5.00. The smallest absolute Gasteiger partial charge is 0.272 e. The summed E-state index contributed by atoms with van der Waals surface area (Å²) in [6, 6.07) is 15.1. The van der Waals surface area contributed by atoms with E-state index < -0.39 is 0 Å². The summed E-state index contributed by atoms with van der Waals surface area (Å²) in [5, 5.41) is 7.31. The number of nitrogens with one attached hydrogen (secondary N) is 1. The van der Waals surface area contributed by atoms with Gasteiger partial charge in [-0.3, -0.25) is 14.3 Å². The van der Waals surface area contributed by atoms with Crippen molar-refractivity contribution in [2.75, 3.05) is 6.54 Å². The van der Waals surface area contributed by atoms with Crippen LogP contribution in [0, 0.1) is 0 Å². The second kappa shape index (κ2) is 8.34.